The monoisotopic (exact) mass is 253 g/mol. The van der Waals surface area contributed by atoms with Gasteiger partial charge in [-0.15, -0.1) is 0 Å². The first-order chi connectivity index (χ1) is 9.10. The van der Waals surface area contributed by atoms with Gasteiger partial charge in [-0.1, -0.05) is 12.1 Å². The molecule has 5 heteroatoms. The van der Waals surface area contributed by atoms with Crippen LogP contribution in [0.5, 0.6) is 0 Å². The number of benzene rings is 1. The molecule has 0 saturated heterocycles. The van der Waals surface area contributed by atoms with E-state index in [1.807, 2.05) is 37.1 Å². The number of hydrogen-bond acceptors (Lipinski definition) is 5. The molecule has 0 fully saturated rings. The lowest BCUT2D eigenvalue weighted by Crippen LogP contribution is -2.19. The number of rotatable bonds is 3. The fraction of sp³-hybridized carbons (Fsp3) is 0.214. The Balaban J connectivity index is 2.26. The maximum absolute atomic E-state index is 9.09. The number of nitrogens with zero attached hydrogens (tertiary/aromatic N) is 4. The molecule has 1 aromatic heterocycles. The largest absolute Gasteiger partial charge is 0.384 e. The van der Waals surface area contributed by atoms with E-state index in [-0.39, 0.29) is 0 Å². The number of nitrogens with two attached hydrogens (primary N) is 1. The number of nitrogen functional groups attached to an aromatic ring is 1. The average Bonchev–Trinajstić information content (AvgIpc) is 2.37. The quantitative estimate of drug-likeness (QED) is 0.903. The van der Waals surface area contributed by atoms with Gasteiger partial charge in [0.2, 0.25) is 0 Å². The normalized spacial score (nSPS) is 9.95. The van der Waals surface area contributed by atoms with Crippen LogP contribution in [0.15, 0.2) is 30.3 Å². The van der Waals surface area contributed by atoms with Crippen molar-refractivity contribution in [2.45, 2.75) is 13.5 Å². The van der Waals surface area contributed by atoms with Gasteiger partial charge in [0, 0.05) is 18.8 Å². The molecule has 96 valence electrons. The molecule has 2 N–H and O–H groups in total. The molecular formula is C14H15N5. The van der Waals surface area contributed by atoms with E-state index in [9.17, 15) is 0 Å². The molecule has 0 aliphatic rings. The van der Waals surface area contributed by atoms with Crippen molar-refractivity contribution in [2.75, 3.05) is 17.7 Å². The van der Waals surface area contributed by atoms with Crippen molar-refractivity contribution in [3.05, 3.63) is 47.4 Å². The number of nitriles is 1. The Morgan fingerprint density at radius 1 is 1.32 bits per heavy atom. The summed E-state index contributed by atoms with van der Waals surface area (Å²) in [5.74, 6) is 1.11. The number of aromatic nitrogens is 2. The van der Waals surface area contributed by atoms with Gasteiger partial charge in [-0.2, -0.15) is 5.26 Å². The van der Waals surface area contributed by atoms with E-state index in [4.69, 9.17) is 11.0 Å². The molecule has 1 aromatic carbocycles. The predicted octanol–water partition coefficient (Wildman–Crippen LogP) is 1.88. The Kier molecular flexibility index (Phi) is 3.62. The summed E-state index contributed by atoms with van der Waals surface area (Å²) in [6.45, 7) is 2.38. The van der Waals surface area contributed by atoms with Crippen LogP contribution in [0.1, 0.15) is 17.1 Å². The highest BCUT2D eigenvalue weighted by molar-refractivity contribution is 5.58. The number of hydrogen-bond donors (Lipinski definition) is 1. The summed E-state index contributed by atoms with van der Waals surface area (Å²) in [5, 5.41) is 9.09. The van der Waals surface area contributed by atoms with E-state index in [2.05, 4.69) is 16.0 Å². The Morgan fingerprint density at radius 3 is 2.74 bits per heavy atom. The van der Waals surface area contributed by atoms with E-state index in [0.717, 1.165) is 11.4 Å². The molecule has 0 bridgehead atoms. The van der Waals surface area contributed by atoms with E-state index < -0.39 is 0 Å². The van der Waals surface area contributed by atoms with Crippen molar-refractivity contribution in [1.82, 2.24) is 9.97 Å². The highest BCUT2D eigenvalue weighted by Gasteiger charge is 2.09. The summed E-state index contributed by atoms with van der Waals surface area (Å²) >= 11 is 0. The fourth-order valence-corrected chi connectivity index (χ4v) is 1.93. The van der Waals surface area contributed by atoms with E-state index in [0.29, 0.717) is 23.8 Å². The SMILES string of the molecule is Cc1cc(N)nc(CN(C)c2ccccc2C#N)n1. The Bertz CT molecular complexity index is 610. The van der Waals surface area contributed by atoms with Gasteiger partial charge in [0.25, 0.3) is 0 Å². The van der Waals surface area contributed by atoms with Gasteiger partial charge >= 0.3 is 0 Å². The summed E-state index contributed by atoms with van der Waals surface area (Å²) in [7, 11) is 1.90. The predicted molar refractivity (Wildman–Crippen MR) is 74.4 cm³/mol. The average molecular weight is 253 g/mol. The first-order valence-electron chi connectivity index (χ1n) is 5.90. The Morgan fingerprint density at radius 2 is 2.05 bits per heavy atom. The molecular weight excluding hydrogens is 238 g/mol. The van der Waals surface area contributed by atoms with Crippen LogP contribution >= 0.6 is 0 Å². The Hall–Kier alpha value is -2.61. The highest BCUT2D eigenvalue weighted by atomic mass is 15.1. The first kappa shape index (κ1) is 12.8. The second-order valence-electron chi connectivity index (χ2n) is 4.34. The summed E-state index contributed by atoms with van der Waals surface area (Å²) in [5.41, 5.74) is 8.03. The van der Waals surface area contributed by atoms with Crippen LogP contribution in [0.25, 0.3) is 0 Å². The van der Waals surface area contributed by atoms with Crippen LogP contribution in [0, 0.1) is 18.3 Å². The van der Waals surface area contributed by atoms with Gasteiger partial charge in [0.15, 0.2) is 0 Å². The molecule has 2 rings (SSSR count). The van der Waals surface area contributed by atoms with Crippen molar-refractivity contribution >= 4 is 11.5 Å². The van der Waals surface area contributed by atoms with Crippen molar-refractivity contribution in [3.8, 4) is 6.07 Å². The summed E-state index contributed by atoms with van der Waals surface area (Å²) in [6, 6.07) is 11.3. The van der Waals surface area contributed by atoms with Crippen molar-refractivity contribution in [1.29, 1.82) is 5.26 Å². The molecule has 2 aromatic rings. The molecule has 19 heavy (non-hydrogen) atoms. The second kappa shape index (κ2) is 5.36. The summed E-state index contributed by atoms with van der Waals surface area (Å²) < 4.78 is 0. The minimum atomic E-state index is 0.462. The van der Waals surface area contributed by atoms with Crippen molar-refractivity contribution < 1.29 is 0 Å². The third-order valence-electron chi connectivity index (χ3n) is 2.73. The molecule has 0 spiro atoms. The molecule has 5 nitrogen and oxygen atoms in total. The lowest BCUT2D eigenvalue weighted by Gasteiger charge is -2.19. The van der Waals surface area contributed by atoms with Crippen LogP contribution in [-0.2, 0) is 6.54 Å². The molecule has 0 aliphatic carbocycles. The van der Waals surface area contributed by atoms with Crippen molar-refractivity contribution in [2.24, 2.45) is 0 Å². The minimum Gasteiger partial charge on any atom is -0.384 e. The molecule has 0 saturated carbocycles. The van der Waals surface area contributed by atoms with Crippen LogP contribution in [-0.4, -0.2) is 17.0 Å². The van der Waals surface area contributed by atoms with Gasteiger partial charge < -0.3 is 10.6 Å². The van der Waals surface area contributed by atoms with Gasteiger partial charge in [-0.3, -0.25) is 0 Å². The lowest BCUT2D eigenvalue weighted by atomic mass is 10.2. The summed E-state index contributed by atoms with van der Waals surface area (Å²) in [6.07, 6.45) is 0. The molecule has 1 heterocycles. The van der Waals surface area contributed by atoms with Gasteiger partial charge in [0.05, 0.1) is 17.8 Å². The third kappa shape index (κ3) is 2.99. The van der Waals surface area contributed by atoms with E-state index in [1.165, 1.54) is 0 Å². The van der Waals surface area contributed by atoms with Crippen LogP contribution in [0.2, 0.25) is 0 Å². The topological polar surface area (TPSA) is 78.8 Å². The minimum absolute atomic E-state index is 0.462. The van der Waals surface area contributed by atoms with Gasteiger partial charge in [-0.05, 0) is 19.1 Å². The highest BCUT2D eigenvalue weighted by Crippen LogP contribution is 2.19. The zero-order valence-electron chi connectivity index (χ0n) is 11.0. The van der Waals surface area contributed by atoms with Crippen LogP contribution in [0.3, 0.4) is 0 Å². The first-order valence-corrected chi connectivity index (χ1v) is 5.90. The smallest absolute Gasteiger partial charge is 0.150 e. The molecule has 0 aliphatic heterocycles. The maximum atomic E-state index is 9.09. The van der Waals surface area contributed by atoms with Crippen molar-refractivity contribution in [3.63, 3.8) is 0 Å². The fourth-order valence-electron chi connectivity index (χ4n) is 1.93. The zero-order chi connectivity index (χ0) is 13.8. The molecule has 0 radical (unpaired) electrons. The third-order valence-corrected chi connectivity index (χ3v) is 2.73. The van der Waals surface area contributed by atoms with E-state index >= 15 is 0 Å². The number of anilines is 2. The zero-order valence-corrected chi connectivity index (χ0v) is 11.0. The number of para-hydroxylation sites is 1. The molecule has 0 amide bonds. The number of aryl methyl sites for hydroxylation is 1. The summed E-state index contributed by atoms with van der Waals surface area (Å²) in [4.78, 5) is 10.5. The van der Waals surface area contributed by atoms with Crippen LogP contribution in [0.4, 0.5) is 11.5 Å². The Labute approximate surface area is 112 Å². The lowest BCUT2D eigenvalue weighted by molar-refractivity contribution is 0.830. The standard InChI is InChI=1S/C14H15N5/c1-10-7-13(16)18-14(17-10)9-19(2)12-6-4-3-5-11(12)8-15/h3-7H,9H2,1-2H3,(H2,16,17,18). The second-order valence-corrected chi connectivity index (χ2v) is 4.34. The molecule has 0 atom stereocenters. The van der Waals surface area contributed by atoms with E-state index in [1.54, 1.807) is 12.1 Å². The van der Waals surface area contributed by atoms with Gasteiger partial charge in [-0.25, -0.2) is 9.97 Å². The maximum Gasteiger partial charge on any atom is 0.150 e. The molecule has 0 unspecified atom stereocenters. The van der Waals surface area contributed by atoms with Gasteiger partial charge in [0.1, 0.15) is 17.7 Å². The van der Waals surface area contributed by atoms with Crippen LogP contribution < -0.4 is 10.6 Å².